The van der Waals surface area contributed by atoms with Crippen LogP contribution >= 0.6 is 0 Å². The number of aliphatic hydroxyl groups is 1. The Bertz CT molecular complexity index is 644. The highest BCUT2D eigenvalue weighted by atomic mass is 16.3. The van der Waals surface area contributed by atoms with Gasteiger partial charge in [-0.1, -0.05) is 17.7 Å². The van der Waals surface area contributed by atoms with Gasteiger partial charge < -0.3 is 16.2 Å². The molecule has 0 amide bonds. The van der Waals surface area contributed by atoms with E-state index < -0.39 is 6.23 Å². The number of allylic oxidation sites excluding steroid dienone is 1. The van der Waals surface area contributed by atoms with Crippen LogP contribution in [0.2, 0.25) is 0 Å². The lowest BCUT2D eigenvalue weighted by Crippen LogP contribution is -2.16. The van der Waals surface area contributed by atoms with Crippen LogP contribution in [-0.2, 0) is 0 Å². The van der Waals surface area contributed by atoms with Crippen LogP contribution in [0.1, 0.15) is 26.5 Å². The molecule has 0 bridgehead atoms. The third-order valence-electron chi connectivity index (χ3n) is 2.78. The summed E-state index contributed by atoms with van der Waals surface area (Å²) in [5.41, 5.74) is 9.92. The topological polar surface area (TPSA) is 84.1 Å². The number of hydrogen-bond acceptors (Lipinski definition) is 5. The molecule has 110 valence electrons. The zero-order valence-corrected chi connectivity index (χ0v) is 12.5. The summed E-state index contributed by atoms with van der Waals surface area (Å²) in [4.78, 5) is 8.97. The van der Waals surface area contributed by atoms with Gasteiger partial charge in [-0.3, -0.25) is 0 Å². The number of nitrogen functional groups attached to an aromatic ring is 1. The first-order valence-electron chi connectivity index (χ1n) is 6.78. The van der Waals surface area contributed by atoms with Gasteiger partial charge in [-0.2, -0.15) is 0 Å². The highest BCUT2D eigenvalue weighted by molar-refractivity contribution is 5.67. The number of aromatic nitrogens is 2. The normalized spacial score (nSPS) is 11.8. The summed E-state index contributed by atoms with van der Waals surface area (Å²) in [6.07, 6.45) is 2.92. The SMILES string of the molecule is CC(C)=Cc1nc(-c2ccc(N)cc2)cnc1NC(C)O. The Morgan fingerprint density at radius 3 is 2.52 bits per heavy atom. The predicted octanol–water partition coefficient (Wildman–Crippen LogP) is 2.90. The van der Waals surface area contributed by atoms with Crippen molar-refractivity contribution in [1.29, 1.82) is 0 Å². The standard InChI is InChI=1S/C16H20N4O/c1-10(2)8-14-16(19-11(3)21)18-9-15(20-14)12-4-6-13(17)7-5-12/h4-9,11,21H,17H2,1-3H3,(H,18,19). The molecule has 2 rings (SSSR count). The van der Waals surface area contributed by atoms with Crippen molar-refractivity contribution in [3.05, 3.63) is 41.7 Å². The second-order valence-corrected chi connectivity index (χ2v) is 5.15. The van der Waals surface area contributed by atoms with Gasteiger partial charge in [0.25, 0.3) is 0 Å². The fourth-order valence-corrected chi connectivity index (χ4v) is 1.88. The maximum Gasteiger partial charge on any atom is 0.153 e. The lowest BCUT2D eigenvalue weighted by Gasteiger charge is -2.12. The molecule has 4 N–H and O–H groups in total. The molecular formula is C16H20N4O. The molecule has 0 aliphatic rings. The molecule has 0 aliphatic carbocycles. The minimum atomic E-state index is -0.689. The monoisotopic (exact) mass is 284 g/mol. The molecular weight excluding hydrogens is 264 g/mol. The summed E-state index contributed by atoms with van der Waals surface area (Å²) in [5.74, 6) is 0.561. The van der Waals surface area contributed by atoms with E-state index >= 15 is 0 Å². The van der Waals surface area contributed by atoms with Crippen LogP contribution in [0.3, 0.4) is 0 Å². The summed E-state index contributed by atoms with van der Waals surface area (Å²) in [6, 6.07) is 7.49. The molecule has 2 aromatic rings. The van der Waals surface area contributed by atoms with E-state index in [2.05, 4.69) is 15.3 Å². The van der Waals surface area contributed by atoms with Gasteiger partial charge in [0.1, 0.15) is 11.9 Å². The maximum atomic E-state index is 9.47. The smallest absolute Gasteiger partial charge is 0.153 e. The molecule has 1 unspecified atom stereocenters. The number of nitrogens with two attached hydrogens (primary N) is 1. The summed E-state index contributed by atoms with van der Waals surface area (Å²) in [6.45, 7) is 5.62. The van der Waals surface area contributed by atoms with Gasteiger partial charge in [-0.05, 0) is 39.0 Å². The van der Waals surface area contributed by atoms with Crippen molar-refractivity contribution in [1.82, 2.24) is 9.97 Å². The van der Waals surface area contributed by atoms with Crippen molar-refractivity contribution in [2.45, 2.75) is 27.0 Å². The van der Waals surface area contributed by atoms with Crippen LogP contribution in [0.5, 0.6) is 0 Å². The van der Waals surface area contributed by atoms with Crippen LogP contribution in [0.25, 0.3) is 17.3 Å². The molecule has 0 saturated heterocycles. The molecule has 0 aliphatic heterocycles. The van der Waals surface area contributed by atoms with Crippen LogP contribution in [0.4, 0.5) is 11.5 Å². The second kappa shape index (κ2) is 6.37. The van der Waals surface area contributed by atoms with Crippen molar-refractivity contribution < 1.29 is 5.11 Å². The molecule has 0 spiro atoms. The highest BCUT2D eigenvalue weighted by Gasteiger charge is 2.09. The van der Waals surface area contributed by atoms with Crippen LogP contribution in [-0.4, -0.2) is 21.3 Å². The van der Waals surface area contributed by atoms with E-state index in [1.165, 1.54) is 0 Å². The number of anilines is 2. The number of benzene rings is 1. The maximum absolute atomic E-state index is 9.47. The highest BCUT2D eigenvalue weighted by Crippen LogP contribution is 2.22. The Labute approximate surface area is 124 Å². The summed E-state index contributed by atoms with van der Waals surface area (Å²) in [5, 5.41) is 12.4. The molecule has 5 heteroatoms. The average Bonchev–Trinajstić information content (AvgIpc) is 2.40. The number of rotatable bonds is 4. The molecule has 1 heterocycles. The first-order chi connectivity index (χ1) is 9.95. The van der Waals surface area contributed by atoms with Crippen molar-refractivity contribution in [2.24, 2.45) is 0 Å². The largest absolute Gasteiger partial charge is 0.399 e. The molecule has 1 atom stereocenters. The summed E-state index contributed by atoms with van der Waals surface area (Å²) in [7, 11) is 0. The van der Waals surface area contributed by atoms with Crippen molar-refractivity contribution in [3.63, 3.8) is 0 Å². The van der Waals surface area contributed by atoms with Crippen LogP contribution in [0.15, 0.2) is 36.0 Å². The van der Waals surface area contributed by atoms with Crippen molar-refractivity contribution >= 4 is 17.6 Å². The number of nitrogens with one attached hydrogen (secondary N) is 1. The van der Waals surface area contributed by atoms with Gasteiger partial charge in [0, 0.05) is 11.3 Å². The van der Waals surface area contributed by atoms with E-state index in [-0.39, 0.29) is 0 Å². The zero-order valence-electron chi connectivity index (χ0n) is 12.5. The molecule has 5 nitrogen and oxygen atoms in total. The molecule has 0 saturated carbocycles. The predicted molar refractivity (Wildman–Crippen MR) is 86.5 cm³/mol. The second-order valence-electron chi connectivity index (χ2n) is 5.15. The molecule has 0 fully saturated rings. The Morgan fingerprint density at radius 1 is 1.29 bits per heavy atom. The Hall–Kier alpha value is -2.40. The van der Waals surface area contributed by atoms with E-state index in [1.807, 2.05) is 44.2 Å². The third kappa shape index (κ3) is 4.03. The van der Waals surface area contributed by atoms with Crippen LogP contribution in [0, 0.1) is 0 Å². The number of aliphatic hydroxyl groups excluding tert-OH is 1. The summed E-state index contributed by atoms with van der Waals surface area (Å²) >= 11 is 0. The van der Waals surface area contributed by atoms with E-state index in [4.69, 9.17) is 5.73 Å². The number of hydrogen-bond donors (Lipinski definition) is 3. The average molecular weight is 284 g/mol. The van der Waals surface area contributed by atoms with Gasteiger partial charge >= 0.3 is 0 Å². The Kier molecular flexibility index (Phi) is 4.55. The fourth-order valence-electron chi connectivity index (χ4n) is 1.88. The molecule has 1 aromatic heterocycles. The molecule has 21 heavy (non-hydrogen) atoms. The van der Waals surface area contributed by atoms with E-state index in [0.29, 0.717) is 17.2 Å². The lowest BCUT2D eigenvalue weighted by molar-refractivity contribution is 0.224. The number of nitrogens with zero attached hydrogens (tertiary/aromatic N) is 2. The third-order valence-corrected chi connectivity index (χ3v) is 2.78. The van der Waals surface area contributed by atoms with E-state index in [1.54, 1.807) is 13.1 Å². The lowest BCUT2D eigenvalue weighted by atomic mass is 10.1. The van der Waals surface area contributed by atoms with Gasteiger partial charge in [-0.25, -0.2) is 9.97 Å². The van der Waals surface area contributed by atoms with Gasteiger partial charge in [0.05, 0.1) is 11.9 Å². The Balaban J connectivity index is 2.45. The van der Waals surface area contributed by atoms with Crippen LogP contribution < -0.4 is 11.1 Å². The Morgan fingerprint density at radius 2 is 1.95 bits per heavy atom. The zero-order chi connectivity index (χ0) is 15.4. The first-order valence-corrected chi connectivity index (χ1v) is 6.78. The molecule has 1 aromatic carbocycles. The van der Waals surface area contributed by atoms with Gasteiger partial charge in [0.15, 0.2) is 5.82 Å². The quantitative estimate of drug-likeness (QED) is 0.594. The molecule has 0 radical (unpaired) electrons. The fraction of sp³-hybridized carbons (Fsp3) is 0.250. The van der Waals surface area contributed by atoms with Gasteiger partial charge in [0.2, 0.25) is 0 Å². The van der Waals surface area contributed by atoms with Gasteiger partial charge in [-0.15, -0.1) is 0 Å². The minimum Gasteiger partial charge on any atom is -0.399 e. The first kappa shape index (κ1) is 15.0. The minimum absolute atomic E-state index is 0.561. The van der Waals surface area contributed by atoms with E-state index in [0.717, 1.165) is 16.8 Å². The van der Waals surface area contributed by atoms with Crippen molar-refractivity contribution in [3.8, 4) is 11.3 Å². The van der Waals surface area contributed by atoms with E-state index in [9.17, 15) is 5.11 Å². The van der Waals surface area contributed by atoms with Crippen molar-refractivity contribution in [2.75, 3.05) is 11.1 Å². The summed E-state index contributed by atoms with van der Waals surface area (Å²) < 4.78 is 0.